The lowest BCUT2D eigenvalue weighted by atomic mass is 9.81. The summed E-state index contributed by atoms with van der Waals surface area (Å²) in [5.74, 6) is 0. The van der Waals surface area contributed by atoms with Crippen LogP contribution in [0.4, 0.5) is 0 Å². The van der Waals surface area contributed by atoms with Crippen LogP contribution < -0.4 is 5.32 Å². The van der Waals surface area contributed by atoms with Crippen molar-refractivity contribution in [3.05, 3.63) is 34.3 Å². The number of rotatable bonds is 3. The first-order chi connectivity index (χ1) is 7.38. The molecule has 0 aliphatic rings. The van der Waals surface area contributed by atoms with E-state index in [2.05, 4.69) is 46.0 Å². The second-order valence-electron chi connectivity index (χ2n) is 5.31. The highest BCUT2D eigenvalue weighted by Crippen LogP contribution is 2.35. The standard InChI is InChI=1S/C14H22ClN/c1-6-16-13(14(3,4)5)11-8-7-9-12(15)10(11)2/h7-9,13,16H,6H2,1-5H3. The molecule has 0 fully saturated rings. The fraction of sp³-hybridized carbons (Fsp3) is 0.571. The van der Waals surface area contributed by atoms with E-state index in [1.165, 1.54) is 11.1 Å². The van der Waals surface area contributed by atoms with Gasteiger partial charge in [0, 0.05) is 11.1 Å². The predicted molar refractivity (Wildman–Crippen MR) is 72.1 cm³/mol. The highest BCUT2D eigenvalue weighted by atomic mass is 35.5. The molecule has 0 bridgehead atoms. The van der Waals surface area contributed by atoms with Crippen LogP contribution in [0.25, 0.3) is 0 Å². The summed E-state index contributed by atoms with van der Waals surface area (Å²) in [5, 5.41) is 4.40. The molecule has 0 saturated carbocycles. The molecule has 0 saturated heterocycles. The zero-order valence-corrected chi connectivity index (χ0v) is 11.7. The molecule has 0 aliphatic carbocycles. The minimum atomic E-state index is 0.186. The molecule has 0 aliphatic heterocycles. The van der Waals surface area contributed by atoms with Crippen molar-refractivity contribution in [3.63, 3.8) is 0 Å². The first kappa shape index (κ1) is 13.5. The van der Waals surface area contributed by atoms with Crippen molar-refractivity contribution in [2.24, 2.45) is 5.41 Å². The monoisotopic (exact) mass is 239 g/mol. The highest BCUT2D eigenvalue weighted by molar-refractivity contribution is 6.31. The molecular weight excluding hydrogens is 218 g/mol. The Labute approximate surface area is 104 Å². The third kappa shape index (κ3) is 2.99. The number of hydrogen-bond acceptors (Lipinski definition) is 1. The SMILES string of the molecule is CCNC(c1cccc(Cl)c1C)C(C)(C)C. The van der Waals surface area contributed by atoms with Gasteiger partial charge in [0.2, 0.25) is 0 Å². The van der Waals surface area contributed by atoms with Gasteiger partial charge in [-0.3, -0.25) is 0 Å². The number of hydrogen-bond donors (Lipinski definition) is 1. The van der Waals surface area contributed by atoms with Crippen LogP contribution in [0.15, 0.2) is 18.2 Å². The van der Waals surface area contributed by atoms with Crippen molar-refractivity contribution in [2.45, 2.75) is 40.7 Å². The first-order valence-corrected chi connectivity index (χ1v) is 6.24. The van der Waals surface area contributed by atoms with Gasteiger partial charge in [-0.15, -0.1) is 0 Å². The average Bonchev–Trinajstić information content (AvgIpc) is 2.18. The molecule has 90 valence electrons. The summed E-state index contributed by atoms with van der Waals surface area (Å²) in [5.41, 5.74) is 2.68. The van der Waals surface area contributed by atoms with Gasteiger partial charge in [0.1, 0.15) is 0 Å². The van der Waals surface area contributed by atoms with Crippen LogP contribution in [0.5, 0.6) is 0 Å². The molecule has 1 N–H and O–H groups in total. The first-order valence-electron chi connectivity index (χ1n) is 5.86. The highest BCUT2D eigenvalue weighted by Gasteiger charge is 2.26. The van der Waals surface area contributed by atoms with Gasteiger partial charge in [0.25, 0.3) is 0 Å². The van der Waals surface area contributed by atoms with Gasteiger partial charge in [-0.05, 0) is 36.1 Å². The van der Waals surface area contributed by atoms with Crippen molar-refractivity contribution in [1.82, 2.24) is 5.32 Å². The third-order valence-electron chi connectivity index (χ3n) is 2.89. The summed E-state index contributed by atoms with van der Waals surface area (Å²) in [4.78, 5) is 0. The smallest absolute Gasteiger partial charge is 0.0438 e. The van der Waals surface area contributed by atoms with E-state index >= 15 is 0 Å². The van der Waals surface area contributed by atoms with Crippen molar-refractivity contribution in [3.8, 4) is 0 Å². The fourth-order valence-electron chi connectivity index (χ4n) is 2.02. The maximum Gasteiger partial charge on any atom is 0.0438 e. The number of halogens is 1. The average molecular weight is 240 g/mol. The Morgan fingerprint density at radius 2 is 1.94 bits per heavy atom. The predicted octanol–water partition coefficient (Wildman–Crippen LogP) is 4.35. The zero-order valence-electron chi connectivity index (χ0n) is 10.9. The van der Waals surface area contributed by atoms with E-state index in [1.807, 2.05) is 12.1 Å². The maximum absolute atomic E-state index is 6.18. The van der Waals surface area contributed by atoms with Crippen molar-refractivity contribution in [1.29, 1.82) is 0 Å². The summed E-state index contributed by atoms with van der Waals surface area (Å²) in [7, 11) is 0. The molecule has 1 rings (SSSR count). The second kappa shape index (κ2) is 5.20. The second-order valence-corrected chi connectivity index (χ2v) is 5.72. The van der Waals surface area contributed by atoms with Crippen LogP contribution in [0.2, 0.25) is 5.02 Å². The lowest BCUT2D eigenvalue weighted by Crippen LogP contribution is -2.32. The van der Waals surface area contributed by atoms with Crippen LogP contribution in [-0.4, -0.2) is 6.54 Å². The summed E-state index contributed by atoms with van der Waals surface area (Å²) in [6, 6.07) is 6.49. The zero-order chi connectivity index (χ0) is 12.3. The van der Waals surface area contributed by atoms with Crippen LogP contribution in [-0.2, 0) is 0 Å². The molecule has 1 atom stereocenters. The largest absolute Gasteiger partial charge is 0.310 e. The molecule has 0 heterocycles. The molecule has 1 nitrogen and oxygen atoms in total. The van der Waals surface area contributed by atoms with E-state index in [9.17, 15) is 0 Å². The van der Waals surface area contributed by atoms with Gasteiger partial charge in [0.05, 0.1) is 0 Å². The molecule has 1 aromatic carbocycles. The Hall–Kier alpha value is -0.530. The van der Waals surface area contributed by atoms with Gasteiger partial charge in [0.15, 0.2) is 0 Å². The molecule has 1 unspecified atom stereocenters. The summed E-state index contributed by atoms with van der Waals surface area (Å²) in [6.45, 7) is 11.9. The lowest BCUT2D eigenvalue weighted by Gasteiger charge is -2.33. The Morgan fingerprint density at radius 3 is 2.44 bits per heavy atom. The molecule has 0 amide bonds. The van der Waals surface area contributed by atoms with Gasteiger partial charge in [-0.25, -0.2) is 0 Å². The Kier molecular flexibility index (Phi) is 4.40. The minimum Gasteiger partial charge on any atom is -0.310 e. The van der Waals surface area contributed by atoms with Gasteiger partial charge < -0.3 is 5.32 Å². The number of benzene rings is 1. The van der Waals surface area contributed by atoms with E-state index in [0.717, 1.165) is 11.6 Å². The molecule has 0 aromatic heterocycles. The summed E-state index contributed by atoms with van der Waals surface area (Å²) >= 11 is 6.18. The maximum atomic E-state index is 6.18. The third-order valence-corrected chi connectivity index (χ3v) is 3.30. The van der Waals surface area contributed by atoms with Crippen molar-refractivity contribution >= 4 is 11.6 Å². The van der Waals surface area contributed by atoms with Crippen LogP contribution in [0, 0.1) is 12.3 Å². The Morgan fingerprint density at radius 1 is 1.31 bits per heavy atom. The van der Waals surface area contributed by atoms with E-state index < -0.39 is 0 Å². The van der Waals surface area contributed by atoms with E-state index in [4.69, 9.17) is 11.6 Å². The van der Waals surface area contributed by atoms with Crippen LogP contribution >= 0.6 is 11.6 Å². The normalized spacial score (nSPS) is 13.9. The fourth-order valence-corrected chi connectivity index (χ4v) is 2.21. The van der Waals surface area contributed by atoms with Crippen molar-refractivity contribution in [2.75, 3.05) is 6.54 Å². The van der Waals surface area contributed by atoms with Gasteiger partial charge in [-0.1, -0.05) is 51.4 Å². The molecule has 0 spiro atoms. The Balaban J connectivity index is 3.16. The lowest BCUT2D eigenvalue weighted by molar-refractivity contribution is 0.276. The minimum absolute atomic E-state index is 0.186. The van der Waals surface area contributed by atoms with E-state index in [1.54, 1.807) is 0 Å². The molecule has 2 heteroatoms. The summed E-state index contributed by atoms with van der Waals surface area (Å²) in [6.07, 6.45) is 0. The molecule has 0 radical (unpaired) electrons. The Bertz CT molecular complexity index is 352. The van der Waals surface area contributed by atoms with Gasteiger partial charge >= 0.3 is 0 Å². The quantitative estimate of drug-likeness (QED) is 0.827. The topological polar surface area (TPSA) is 12.0 Å². The van der Waals surface area contributed by atoms with Crippen molar-refractivity contribution < 1.29 is 0 Å². The van der Waals surface area contributed by atoms with Crippen LogP contribution in [0.3, 0.4) is 0 Å². The number of nitrogens with one attached hydrogen (secondary N) is 1. The molecule has 16 heavy (non-hydrogen) atoms. The van der Waals surface area contributed by atoms with E-state index in [0.29, 0.717) is 6.04 Å². The molecule has 1 aromatic rings. The van der Waals surface area contributed by atoms with Gasteiger partial charge in [-0.2, -0.15) is 0 Å². The van der Waals surface area contributed by atoms with Crippen LogP contribution in [0.1, 0.15) is 44.9 Å². The van der Waals surface area contributed by atoms with E-state index in [-0.39, 0.29) is 5.41 Å². The summed E-state index contributed by atoms with van der Waals surface area (Å²) < 4.78 is 0. The molecular formula is C14H22ClN.